The molecule has 106 valence electrons. The second kappa shape index (κ2) is 6.87. The molecule has 1 aromatic rings. The second-order valence-corrected chi connectivity index (χ2v) is 5.56. The summed E-state index contributed by atoms with van der Waals surface area (Å²) in [6.45, 7) is 4.97. The van der Waals surface area contributed by atoms with Crippen molar-refractivity contribution in [2.24, 2.45) is 17.7 Å². The Morgan fingerprint density at radius 2 is 2.32 bits per heavy atom. The summed E-state index contributed by atoms with van der Waals surface area (Å²) in [4.78, 5) is 4.27. The highest BCUT2D eigenvalue weighted by atomic mass is 16.5. The van der Waals surface area contributed by atoms with E-state index in [1.807, 2.05) is 13.1 Å². The van der Waals surface area contributed by atoms with Crippen LogP contribution in [0.3, 0.4) is 0 Å². The van der Waals surface area contributed by atoms with Crippen LogP contribution in [0, 0.1) is 11.8 Å². The molecule has 0 aromatic carbocycles. The van der Waals surface area contributed by atoms with E-state index in [2.05, 4.69) is 23.4 Å². The Balaban J connectivity index is 2.13. The molecule has 4 nitrogen and oxygen atoms in total. The summed E-state index contributed by atoms with van der Waals surface area (Å²) in [6, 6.07) is 2.23. The number of hydrazine groups is 1. The lowest BCUT2D eigenvalue weighted by molar-refractivity contribution is 0.224. The van der Waals surface area contributed by atoms with Crippen LogP contribution >= 0.6 is 0 Å². The van der Waals surface area contributed by atoms with Crippen LogP contribution in [-0.4, -0.2) is 11.6 Å². The smallest absolute Gasteiger partial charge is 0.137 e. The molecular weight excluding hydrogens is 238 g/mol. The Kier molecular flexibility index (Phi) is 5.16. The van der Waals surface area contributed by atoms with Crippen LogP contribution in [0.25, 0.3) is 0 Å². The van der Waals surface area contributed by atoms with Crippen LogP contribution in [0.2, 0.25) is 0 Å². The summed E-state index contributed by atoms with van der Waals surface area (Å²) in [5, 5.41) is 0. The van der Waals surface area contributed by atoms with Crippen molar-refractivity contribution in [3.05, 3.63) is 24.0 Å². The van der Waals surface area contributed by atoms with Crippen molar-refractivity contribution in [3.8, 4) is 5.75 Å². The molecule has 1 aromatic heterocycles. The Hall–Kier alpha value is -1.13. The van der Waals surface area contributed by atoms with E-state index in [0.29, 0.717) is 12.5 Å². The predicted molar refractivity (Wildman–Crippen MR) is 76.6 cm³/mol. The first-order valence-corrected chi connectivity index (χ1v) is 7.28. The molecule has 4 heteroatoms. The largest absolute Gasteiger partial charge is 0.492 e. The highest BCUT2D eigenvalue weighted by molar-refractivity contribution is 5.26. The average Bonchev–Trinajstić information content (AvgIpc) is 2.41. The van der Waals surface area contributed by atoms with Gasteiger partial charge in [0.1, 0.15) is 5.75 Å². The van der Waals surface area contributed by atoms with Crippen LogP contribution in [0.5, 0.6) is 5.75 Å². The first kappa shape index (κ1) is 14.3. The van der Waals surface area contributed by atoms with Crippen molar-refractivity contribution in [3.63, 3.8) is 0 Å². The molecule has 1 fully saturated rings. The van der Waals surface area contributed by atoms with Crippen molar-refractivity contribution in [2.75, 3.05) is 6.61 Å². The van der Waals surface area contributed by atoms with Crippen LogP contribution < -0.4 is 16.0 Å². The van der Waals surface area contributed by atoms with E-state index in [4.69, 9.17) is 10.6 Å². The van der Waals surface area contributed by atoms with E-state index in [9.17, 15) is 0 Å². The fourth-order valence-corrected chi connectivity index (χ4v) is 3.14. The van der Waals surface area contributed by atoms with E-state index in [0.717, 1.165) is 17.2 Å². The molecule has 0 amide bonds. The number of hydrogen-bond acceptors (Lipinski definition) is 4. The molecule has 3 N–H and O–H groups in total. The third-order valence-corrected chi connectivity index (χ3v) is 4.03. The third-order valence-electron chi connectivity index (χ3n) is 4.03. The van der Waals surface area contributed by atoms with Gasteiger partial charge >= 0.3 is 0 Å². The Bertz CT molecular complexity index is 397. The lowest BCUT2D eigenvalue weighted by Gasteiger charge is -2.33. The summed E-state index contributed by atoms with van der Waals surface area (Å²) >= 11 is 0. The lowest BCUT2D eigenvalue weighted by atomic mass is 9.77. The van der Waals surface area contributed by atoms with E-state index >= 15 is 0 Å². The van der Waals surface area contributed by atoms with Gasteiger partial charge in [0.15, 0.2) is 0 Å². The molecule has 1 saturated carbocycles. The average molecular weight is 263 g/mol. The fraction of sp³-hybridized carbons (Fsp3) is 0.667. The molecule has 0 spiro atoms. The number of rotatable bonds is 5. The predicted octanol–water partition coefficient (Wildman–Crippen LogP) is 2.81. The van der Waals surface area contributed by atoms with Crippen LogP contribution in [0.15, 0.2) is 18.5 Å². The van der Waals surface area contributed by atoms with Gasteiger partial charge in [-0.2, -0.15) is 0 Å². The number of nitrogens with two attached hydrogens (primary N) is 1. The van der Waals surface area contributed by atoms with Crippen molar-refractivity contribution in [1.82, 2.24) is 10.4 Å². The molecule has 1 aliphatic carbocycles. The molecule has 19 heavy (non-hydrogen) atoms. The van der Waals surface area contributed by atoms with Crippen LogP contribution in [0.4, 0.5) is 0 Å². The Morgan fingerprint density at radius 1 is 1.47 bits per heavy atom. The molecule has 1 aliphatic rings. The lowest BCUT2D eigenvalue weighted by Crippen LogP contribution is -2.35. The molecule has 0 aliphatic heterocycles. The van der Waals surface area contributed by atoms with Gasteiger partial charge < -0.3 is 4.74 Å². The molecule has 0 bridgehead atoms. The Morgan fingerprint density at radius 3 is 3.00 bits per heavy atom. The van der Waals surface area contributed by atoms with Gasteiger partial charge in [-0.15, -0.1) is 0 Å². The number of hydrogen-bond donors (Lipinski definition) is 2. The van der Waals surface area contributed by atoms with Crippen molar-refractivity contribution in [2.45, 2.75) is 45.6 Å². The highest BCUT2D eigenvalue weighted by Crippen LogP contribution is 2.37. The van der Waals surface area contributed by atoms with Crippen molar-refractivity contribution >= 4 is 0 Å². The van der Waals surface area contributed by atoms with Gasteiger partial charge in [0.2, 0.25) is 0 Å². The van der Waals surface area contributed by atoms with Crippen LogP contribution in [0.1, 0.15) is 51.1 Å². The normalized spacial score (nSPS) is 25.0. The number of pyridine rings is 1. The quantitative estimate of drug-likeness (QED) is 0.633. The van der Waals surface area contributed by atoms with Crippen molar-refractivity contribution in [1.29, 1.82) is 0 Å². The molecule has 3 atom stereocenters. The first-order valence-electron chi connectivity index (χ1n) is 7.28. The van der Waals surface area contributed by atoms with E-state index in [1.54, 1.807) is 6.20 Å². The standard InChI is InChI=1S/C15H25N3O/c1-3-19-14-8-13(9-17-10-14)15(18-16)12-6-4-5-11(2)7-12/h8-12,15,18H,3-7,16H2,1-2H3. The minimum Gasteiger partial charge on any atom is -0.492 e. The topological polar surface area (TPSA) is 60.2 Å². The second-order valence-electron chi connectivity index (χ2n) is 5.56. The zero-order chi connectivity index (χ0) is 13.7. The van der Waals surface area contributed by atoms with Gasteiger partial charge in [0.25, 0.3) is 0 Å². The highest BCUT2D eigenvalue weighted by Gasteiger charge is 2.27. The first-order chi connectivity index (χ1) is 9.24. The monoisotopic (exact) mass is 263 g/mol. The zero-order valence-electron chi connectivity index (χ0n) is 11.9. The van der Waals surface area contributed by atoms with Gasteiger partial charge in [-0.05, 0) is 43.2 Å². The summed E-state index contributed by atoms with van der Waals surface area (Å²) in [6.07, 6.45) is 8.75. The molecule has 3 unspecified atom stereocenters. The van der Waals surface area contributed by atoms with Gasteiger partial charge in [-0.1, -0.05) is 19.8 Å². The fourth-order valence-electron chi connectivity index (χ4n) is 3.14. The molecule has 0 saturated heterocycles. The molecular formula is C15H25N3O. The molecule has 1 heterocycles. The summed E-state index contributed by atoms with van der Waals surface area (Å²) in [5.74, 6) is 7.99. The minimum absolute atomic E-state index is 0.177. The maximum atomic E-state index is 5.79. The minimum atomic E-state index is 0.177. The van der Waals surface area contributed by atoms with Crippen LogP contribution in [-0.2, 0) is 0 Å². The van der Waals surface area contributed by atoms with Gasteiger partial charge in [0, 0.05) is 6.20 Å². The van der Waals surface area contributed by atoms with Gasteiger partial charge in [0.05, 0.1) is 18.8 Å². The molecule has 2 rings (SSSR count). The number of aromatic nitrogens is 1. The van der Waals surface area contributed by atoms with E-state index < -0.39 is 0 Å². The summed E-state index contributed by atoms with van der Waals surface area (Å²) in [5.41, 5.74) is 4.11. The Labute approximate surface area is 115 Å². The maximum Gasteiger partial charge on any atom is 0.137 e. The van der Waals surface area contributed by atoms with Gasteiger partial charge in [-0.25, -0.2) is 0 Å². The zero-order valence-corrected chi connectivity index (χ0v) is 11.9. The number of nitrogens with one attached hydrogen (secondary N) is 1. The van der Waals surface area contributed by atoms with E-state index in [1.165, 1.54) is 25.7 Å². The molecule has 0 radical (unpaired) electrons. The number of nitrogens with zero attached hydrogens (tertiary/aromatic N) is 1. The summed E-state index contributed by atoms with van der Waals surface area (Å²) in [7, 11) is 0. The number of ether oxygens (including phenoxy) is 1. The summed E-state index contributed by atoms with van der Waals surface area (Å²) < 4.78 is 5.52. The third kappa shape index (κ3) is 3.67. The van der Waals surface area contributed by atoms with Gasteiger partial charge in [-0.3, -0.25) is 16.3 Å². The SMILES string of the molecule is CCOc1cncc(C(NN)C2CCCC(C)C2)c1. The maximum absolute atomic E-state index is 5.79. The van der Waals surface area contributed by atoms with Crippen molar-refractivity contribution < 1.29 is 4.74 Å². The van der Waals surface area contributed by atoms with E-state index in [-0.39, 0.29) is 6.04 Å².